The van der Waals surface area contributed by atoms with Crippen LogP contribution in [0.1, 0.15) is 75.9 Å². The molecule has 3 aromatic heterocycles. The molecule has 2 N–H and O–H groups in total. The van der Waals surface area contributed by atoms with Gasteiger partial charge in [0.05, 0.1) is 22.4 Å². The largest absolute Gasteiger partial charge is 0.383 e. The van der Waals surface area contributed by atoms with Gasteiger partial charge in [-0.25, -0.2) is 0 Å². The van der Waals surface area contributed by atoms with E-state index >= 15 is 0 Å². The highest BCUT2D eigenvalue weighted by atomic mass is 32.1. The number of carbonyl (C=O) groups is 2. The number of aromatic nitrogens is 1. The van der Waals surface area contributed by atoms with Crippen LogP contribution in [-0.4, -0.2) is 36.6 Å². The average Bonchev–Trinajstić information content (AvgIpc) is 3.56. The number of hydrogen-bond donors (Lipinski definition) is 2. The third kappa shape index (κ3) is 4.00. The molecule has 0 aliphatic heterocycles. The molecule has 2 amide bonds. The highest BCUT2D eigenvalue weighted by molar-refractivity contribution is 7.17. The number of aryl methyl sites for hydroxylation is 1. The number of nitrogens with zero attached hydrogens (tertiary/aromatic N) is 1. The molecule has 2 aliphatic carbocycles. The minimum absolute atomic E-state index is 0.121. The molecule has 32 heavy (non-hydrogen) atoms. The standard InChI is InChI=1S/C24H29N3O3S2/c1-30-12-11-25-23(29)21-16-8-4-5-9-19(16)32-24(21)26-22(28)18-14-20-17(10-13-31-20)27(18)15-6-2-3-7-15/h10,13-15H,2-9,11-12H2,1H3,(H,25,29)(H,26,28). The topological polar surface area (TPSA) is 72.4 Å². The number of carbonyl (C=O) groups excluding carboxylic acids is 2. The van der Waals surface area contributed by atoms with E-state index in [2.05, 4.69) is 26.6 Å². The second kappa shape index (κ2) is 9.37. The lowest BCUT2D eigenvalue weighted by Gasteiger charge is -2.17. The van der Waals surface area contributed by atoms with Crippen molar-refractivity contribution in [3.8, 4) is 0 Å². The Hall–Kier alpha value is -2.16. The maximum absolute atomic E-state index is 13.5. The average molecular weight is 472 g/mol. The number of methoxy groups -OCH3 is 1. The summed E-state index contributed by atoms with van der Waals surface area (Å²) in [6.45, 7) is 0.916. The second-order valence-corrected chi connectivity index (χ2v) is 10.7. The van der Waals surface area contributed by atoms with Crippen molar-refractivity contribution in [1.82, 2.24) is 9.88 Å². The Bertz CT molecular complexity index is 1140. The van der Waals surface area contributed by atoms with E-state index in [9.17, 15) is 9.59 Å². The van der Waals surface area contributed by atoms with E-state index in [1.165, 1.54) is 17.7 Å². The van der Waals surface area contributed by atoms with Gasteiger partial charge in [0.1, 0.15) is 10.7 Å². The van der Waals surface area contributed by atoms with Gasteiger partial charge in [-0.3, -0.25) is 9.59 Å². The molecule has 1 saturated carbocycles. The van der Waals surface area contributed by atoms with Crippen LogP contribution in [0.15, 0.2) is 17.5 Å². The lowest BCUT2D eigenvalue weighted by molar-refractivity contribution is 0.0937. The highest BCUT2D eigenvalue weighted by Crippen LogP contribution is 2.40. The van der Waals surface area contributed by atoms with Crippen LogP contribution < -0.4 is 10.6 Å². The molecule has 0 aromatic carbocycles. The number of amides is 2. The van der Waals surface area contributed by atoms with Gasteiger partial charge in [-0.1, -0.05) is 12.8 Å². The monoisotopic (exact) mass is 471 g/mol. The first-order chi connectivity index (χ1) is 15.7. The summed E-state index contributed by atoms with van der Waals surface area (Å²) in [5.41, 5.74) is 3.61. The van der Waals surface area contributed by atoms with Gasteiger partial charge in [0.25, 0.3) is 11.8 Å². The van der Waals surface area contributed by atoms with Crippen LogP contribution >= 0.6 is 22.7 Å². The number of nitrogens with one attached hydrogen (secondary N) is 2. The van der Waals surface area contributed by atoms with Gasteiger partial charge in [0.15, 0.2) is 0 Å². The van der Waals surface area contributed by atoms with Crippen LogP contribution in [0.3, 0.4) is 0 Å². The lowest BCUT2D eigenvalue weighted by Crippen LogP contribution is -2.29. The number of ether oxygens (including phenoxy) is 1. The zero-order chi connectivity index (χ0) is 22.1. The molecule has 3 heterocycles. The van der Waals surface area contributed by atoms with Crippen molar-refractivity contribution in [2.75, 3.05) is 25.6 Å². The van der Waals surface area contributed by atoms with Crippen molar-refractivity contribution in [3.63, 3.8) is 0 Å². The van der Waals surface area contributed by atoms with Gasteiger partial charge in [-0.15, -0.1) is 22.7 Å². The minimum atomic E-state index is -0.121. The Morgan fingerprint density at radius 1 is 1.16 bits per heavy atom. The molecule has 0 spiro atoms. The van der Waals surface area contributed by atoms with Crippen molar-refractivity contribution >= 4 is 49.7 Å². The second-order valence-electron chi connectivity index (χ2n) is 8.63. The van der Waals surface area contributed by atoms with E-state index in [4.69, 9.17) is 4.74 Å². The number of hydrogen-bond acceptors (Lipinski definition) is 5. The predicted octanol–water partition coefficient (Wildman–Crippen LogP) is 5.39. The molecule has 8 heteroatoms. The van der Waals surface area contributed by atoms with Crippen molar-refractivity contribution in [2.24, 2.45) is 0 Å². The SMILES string of the molecule is COCCNC(=O)c1c(NC(=O)c2cc3sccc3n2C2CCCC2)sc2c1CCCC2. The molecule has 6 nitrogen and oxygen atoms in total. The summed E-state index contributed by atoms with van der Waals surface area (Å²) in [6, 6.07) is 4.50. The molecule has 0 atom stereocenters. The third-order valence-corrected chi connectivity index (χ3v) is 8.66. The molecule has 0 unspecified atom stereocenters. The maximum atomic E-state index is 13.5. The predicted molar refractivity (Wildman–Crippen MR) is 130 cm³/mol. The number of anilines is 1. The van der Waals surface area contributed by atoms with Crippen LogP contribution in [0.5, 0.6) is 0 Å². The van der Waals surface area contributed by atoms with E-state index in [0.717, 1.165) is 54.3 Å². The van der Waals surface area contributed by atoms with Crippen molar-refractivity contribution in [3.05, 3.63) is 39.2 Å². The molecule has 0 radical (unpaired) electrons. The number of rotatable bonds is 7. The first-order valence-electron chi connectivity index (χ1n) is 11.5. The first-order valence-corrected chi connectivity index (χ1v) is 13.2. The fraction of sp³-hybridized carbons (Fsp3) is 0.500. The van der Waals surface area contributed by atoms with Crippen LogP contribution in [0.25, 0.3) is 10.2 Å². The van der Waals surface area contributed by atoms with Crippen molar-refractivity contribution in [2.45, 2.75) is 57.4 Å². The quantitative estimate of drug-likeness (QED) is 0.454. The van der Waals surface area contributed by atoms with Gasteiger partial charge < -0.3 is 19.9 Å². The minimum Gasteiger partial charge on any atom is -0.383 e. The fourth-order valence-corrected chi connectivity index (χ4v) is 7.18. The molecular formula is C24H29N3O3S2. The molecule has 0 saturated heterocycles. The maximum Gasteiger partial charge on any atom is 0.272 e. The summed E-state index contributed by atoms with van der Waals surface area (Å²) in [6.07, 6.45) is 8.71. The van der Waals surface area contributed by atoms with Crippen LogP contribution in [0, 0.1) is 0 Å². The van der Waals surface area contributed by atoms with Crippen LogP contribution in [0.4, 0.5) is 5.00 Å². The summed E-state index contributed by atoms with van der Waals surface area (Å²) in [5, 5.41) is 8.86. The van der Waals surface area contributed by atoms with Gasteiger partial charge in [-0.05, 0) is 61.6 Å². The summed E-state index contributed by atoms with van der Waals surface area (Å²) in [5.74, 6) is -0.242. The van der Waals surface area contributed by atoms with Gasteiger partial charge >= 0.3 is 0 Å². The molecule has 170 valence electrons. The van der Waals surface area contributed by atoms with E-state index in [-0.39, 0.29) is 11.8 Å². The van der Waals surface area contributed by atoms with Gasteiger partial charge in [-0.2, -0.15) is 0 Å². The molecule has 1 fully saturated rings. The summed E-state index contributed by atoms with van der Waals surface area (Å²) in [4.78, 5) is 27.8. The van der Waals surface area contributed by atoms with E-state index in [0.29, 0.717) is 35.5 Å². The molecule has 3 aromatic rings. The first kappa shape index (κ1) is 21.7. The Morgan fingerprint density at radius 3 is 2.78 bits per heavy atom. The Labute approximate surface area is 196 Å². The summed E-state index contributed by atoms with van der Waals surface area (Å²) in [7, 11) is 1.62. The summed E-state index contributed by atoms with van der Waals surface area (Å²) >= 11 is 3.24. The summed E-state index contributed by atoms with van der Waals surface area (Å²) < 4.78 is 8.45. The third-order valence-electron chi connectivity index (χ3n) is 6.60. The molecular weight excluding hydrogens is 442 g/mol. The normalized spacial score (nSPS) is 16.4. The van der Waals surface area contributed by atoms with E-state index in [1.54, 1.807) is 29.8 Å². The zero-order valence-electron chi connectivity index (χ0n) is 18.4. The van der Waals surface area contributed by atoms with Crippen LogP contribution in [-0.2, 0) is 17.6 Å². The highest BCUT2D eigenvalue weighted by Gasteiger charge is 2.29. The number of fused-ring (bicyclic) bond motifs is 2. The smallest absolute Gasteiger partial charge is 0.272 e. The number of thiophene rings is 2. The Morgan fingerprint density at radius 2 is 1.97 bits per heavy atom. The lowest BCUT2D eigenvalue weighted by atomic mass is 9.95. The Balaban J connectivity index is 1.47. The Kier molecular flexibility index (Phi) is 6.35. The van der Waals surface area contributed by atoms with Gasteiger partial charge in [0.2, 0.25) is 0 Å². The van der Waals surface area contributed by atoms with Crippen molar-refractivity contribution < 1.29 is 14.3 Å². The van der Waals surface area contributed by atoms with Gasteiger partial charge in [0, 0.05) is 24.6 Å². The molecule has 2 aliphatic rings. The van der Waals surface area contributed by atoms with Crippen molar-refractivity contribution in [1.29, 1.82) is 0 Å². The molecule has 5 rings (SSSR count). The van der Waals surface area contributed by atoms with E-state index in [1.807, 2.05) is 6.07 Å². The molecule has 0 bridgehead atoms. The zero-order valence-corrected chi connectivity index (χ0v) is 20.0. The van der Waals surface area contributed by atoms with E-state index < -0.39 is 0 Å². The fourth-order valence-electron chi connectivity index (χ4n) is 5.09. The van der Waals surface area contributed by atoms with Crippen LogP contribution in [0.2, 0.25) is 0 Å².